The zero-order chi connectivity index (χ0) is 17.5. The fraction of sp³-hybridized carbons (Fsp3) is 0.176. The normalized spacial score (nSPS) is 9.96. The number of nitrogens with one attached hydrogen (secondary N) is 1. The maximum atomic E-state index is 13.5. The number of anilines is 1. The molecule has 0 heterocycles. The largest absolute Gasteiger partial charge is 0.497 e. The number of esters is 1. The Kier molecular flexibility index (Phi) is 5.73. The predicted molar refractivity (Wildman–Crippen MR) is 84.9 cm³/mol. The molecule has 0 saturated heterocycles. The Morgan fingerprint density at radius 2 is 1.83 bits per heavy atom. The summed E-state index contributed by atoms with van der Waals surface area (Å²) in [6, 6.07) is 10.2. The van der Waals surface area contributed by atoms with E-state index in [1.165, 1.54) is 32.4 Å². The van der Waals surface area contributed by atoms with Crippen LogP contribution < -0.4 is 14.8 Å². The minimum Gasteiger partial charge on any atom is -0.497 e. The summed E-state index contributed by atoms with van der Waals surface area (Å²) in [6.07, 6.45) is 0. The molecule has 7 heteroatoms. The maximum Gasteiger partial charge on any atom is 0.341 e. The second kappa shape index (κ2) is 7.96. The fourth-order valence-electron chi connectivity index (χ4n) is 1.92. The number of hydrogen-bond acceptors (Lipinski definition) is 5. The number of rotatable bonds is 6. The first-order chi connectivity index (χ1) is 11.5. The zero-order valence-electron chi connectivity index (χ0n) is 13.2. The van der Waals surface area contributed by atoms with Gasteiger partial charge in [0.25, 0.3) is 5.91 Å². The second-order valence-corrected chi connectivity index (χ2v) is 4.67. The molecule has 0 saturated carbocycles. The Balaban J connectivity index is 1.96. The van der Waals surface area contributed by atoms with Crippen molar-refractivity contribution < 1.29 is 28.2 Å². The lowest BCUT2D eigenvalue weighted by Crippen LogP contribution is -2.21. The predicted octanol–water partition coefficient (Wildman–Crippen LogP) is 2.64. The van der Waals surface area contributed by atoms with Crippen molar-refractivity contribution in [2.45, 2.75) is 0 Å². The average molecular weight is 333 g/mol. The van der Waals surface area contributed by atoms with E-state index in [0.717, 1.165) is 6.07 Å². The monoisotopic (exact) mass is 333 g/mol. The van der Waals surface area contributed by atoms with Gasteiger partial charge in [-0.3, -0.25) is 4.79 Å². The van der Waals surface area contributed by atoms with Gasteiger partial charge in [-0.2, -0.15) is 0 Å². The molecule has 24 heavy (non-hydrogen) atoms. The van der Waals surface area contributed by atoms with Crippen LogP contribution in [0.1, 0.15) is 10.4 Å². The first kappa shape index (κ1) is 17.3. The van der Waals surface area contributed by atoms with E-state index in [9.17, 15) is 14.0 Å². The van der Waals surface area contributed by atoms with Gasteiger partial charge in [-0.1, -0.05) is 12.1 Å². The van der Waals surface area contributed by atoms with Gasteiger partial charge in [0.15, 0.2) is 6.61 Å². The van der Waals surface area contributed by atoms with Crippen LogP contribution in [0.5, 0.6) is 11.5 Å². The van der Waals surface area contributed by atoms with Crippen LogP contribution in [-0.4, -0.2) is 32.7 Å². The molecule has 0 unspecified atom stereocenters. The van der Waals surface area contributed by atoms with E-state index >= 15 is 0 Å². The topological polar surface area (TPSA) is 73.9 Å². The van der Waals surface area contributed by atoms with Gasteiger partial charge in [-0.15, -0.1) is 0 Å². The van der Waals surface area contributed by atoms with Gasteiger partial charge in [0, 0.05) is 6.07 Å². The molecule has 0 spiro atoms. The van der Waals surface area contributed by atoms with Crippen molar-refractivity contribution in [3.63, 3.8) is 0 Å². The Hall–Kier alpha value is -3.09. The van der Waals surface area contributed by atoms with Gasteiger partial charge in [0.1, 0.15) is 17.3 Å². The highest BCUT2D eigenvalue weighted by molar-refractivity contribution is 5.96. The summed E-state index contributed by atoms with van der Waals surface area (Å²) in [5.74, 6) is -1.24. The Morgan fingerprint density at radius 3 is 2.50 bits per heavy atom. The highest BCUT2D eigenvalue weighted by atomic mass is 19.1. The number of methoxy groups -OCH3 is 2. The molecule has 0 aliphatic carbocycles. The van der Waals surface area contributed by atoms with Crippen molar-refractivity contribution in [3.05, 3.63) is 53.8 Å². The van der Waals surface area contributed by atoms with Crippen LogP contribution in [0.3, 0.4) is 0 Å². The van der Waals surface area contributed by atoms with Crippen LogP contribution in [0.2, 0.25) is 0 Å². The SMILES string of the molecule is COc1ccc(NC(=O)COC(=O)c2ccccc2F)c(OC)c1. The number of hydrogen-bond donors (Lipinski definition) is 1. The van der Waals surface area contributed by atoms with E-state index in [1.54, 1.807) is 18.2 Å². The van der Waals surface area contributed by atoms with Gasteiger partial charge < -0.3 is 19.5 Å². The number of carbonyl (C=O) groups is 2. The summed E-state index contributed by atoms with van der Waals surface area (Å²) in [5, 5.41) is 2.54. The lowest BCUT2D eigenvalue weighted by Gasteiger charge is -2.12. The standard InChI is InChI=1S/C17H16FNO5/c1-22-11-7-8-14(15(9-11)23-2)19-16(20)10-24-17(21)12-5-3-4-6-13(12)18/h3-9H,10H2,1-2H3,(H,19,20). The molecule has 0 aromatic heterocycles. The third kappa shape index (κ3) is 4.22. The van der Waals surface area contributed by atoms with Crippen molar-refractivity contribution in [1.82, 2.24) is 0 Å². The summed E-state index contributed by atoms with van der Waals surface area (Å²) >= 11 is 0. The van der Waals surface area contributed by atoms with Crippen molar-refractivity contribution in [2.24, 2.45) is 0 Å². The van der Waals surface area contributed by atoms with Gasteiger partial charge >= 0.3 is 5.97 Å². The summed E-state index contributed by atoms with van der Waals surface area (Å²) in [6.45, 7) is -0.553. The van der Waals surface area contributed by atoms with E-state index in [0.29, 0.717) is 17.2 Å². The smallest absolute Gasteiger partial charge is 0.341 e. The number of ether oxygens (including phenoxy) is 3. The molecule has 0 aliphatic heterocycles. The number of amides is 1. The molecule has 1 N–H and O–H groups in total. The Bertz CT molecular complexity index is 748. The van der Waals surface area contributed by atoms with E-state index in [2.05, 4.69) is 5.32 Å². The number of benzene rings is 2. The minimum atomic E-state index is -0.912. The first-order valence-electron chi connectivity index (χ1n) is 6.98. The summed E-state index contributed by atoms with van der Waals surface area (Å²) in [4.78, 5) is 23.6. The highest BCUT2D eigenvalue weighted by Gasteiger charge is 2.15. The quantitative estimate of drug-likeness (QED) is 0.823. The molecular formula is C17H16FNO5. The fourth-order valence-corrected chi connectivity index (χ4v) is 1.92. The lowest BCUT2D eigenvalue weighted by atomic mass is 10.2. The van der Waals surface area contributed by atoms with E-state index in [4.69, 9.17) is 14.2 Å². The molecular weight excluding hydrogens is 317 g/mol. The Morgan fingerprint density at radius 1 is 1.08 bits per heavy atom. The molecule has 0 aliphatic rings. The maximum absolute atomic E-state index is 13.5. The van der Waals surface area contributed by atoms with E-state index in [-0.39, 0.29) is 5.56 Å². The Labute approximate surface area is 138 Å². The van der Waals surface area contributed by atoms with Crippen molar-refractivity contribution >= 4 is 17.6 Å². The third-order valence-corrected chi connectivity index (χ3v) is 3.11. The van der Waals surface area contributed by atoms with Crippen LogP contribution in [0.4, 0.5) is 10.1 Å². The van der Waals surface area contributed by atoms with Crippen LogP contribution >= 0.6 is 0 Å². The van der Waals surface area contributed by atoms with Crippen LogP contribution in [0.15, 0.2) is 42.5 Å². The molecule has 2 rings (SSSR count). The molecule has 126 valence electrons. The van der Waals surface area contributed by atoms with Gasteiger partial charge in [-0.25, -0.2) is 9.18 Å². The van der Waals surface area contributed by atoms with Gasteiger partial charge in [0.05, 0.1) is 25.5 Å². The van der Waals surface area contributed by atoms with Crippen LogP contribution in [0.25, 0.3) is 0 Å². The minimum absolute atomic E-state index is 0.229. The molecule has 6 nitrogen and oxygen atoms in total. The lowest BCUT2D eigenvalue weighted by molar-refractivity contribution is -0.119. The zero-order valence-corrected chi connectivity index (χ0v) is 13.2. The molecule has 0 atom stereocenters. The highest BCUT2D eigenvalue weighted by Crippen LogP contribution is 2.28. The van der Waals surface area contributed by atoms with Crippen LogP contribution in [0, 0.1) is 5.82 Å². The molecule has 1 amide bonds. The van der Waals surface area contributed by atoms with Gasteiger partial charge in [-0.05, 0) is 24.3 Å². The van der Waals surface area contributed by atoms with E-state index < -0.39 is 24.3 Å². The van der Waals surface area contributed by atoms with Gasteiger partial charge in [0.2, 0.25) is 0 Å². The van der Waals surface area contributed by atoms with Crippen molar-refractivity contribution in [2.75, 3.05) is 26.1 Å². The van der Waals surface area contributed by atoms with E-state index in [1.807, 2.05) is 0 Å². The first-order valence-corrected chi connectivity index (χ1v) is 6.98. The number of halogens is 1. The molecule has 0 fully saturated rings. The molecule has 0 bridgehead atoms. The summed E-state index contributed by atoms with van der Waals surface area (Å²) in [7, 11) is 2.96. The average Bonchev–Trinajstić information content (AvgIpc) is 2.60. The van der Waals surface area contributed by atoms with Crippen molar-refractivity contribution in [1.29, 1.82) is 0 Å². The number of carbonyl (C=O) groups excluding carboxylic acids is 2. The second-order valence-electron chi connectivity index (χ2n) is 4.67. The third-order valence-electron chi connectivity index (χ3n) is 3.11. The summed E-state index contributed by atoms with van der Waals surface area (Å²) < 4.78 is 28.5. The molecule has 2 aromatic carbocycles. The van der Waals surface area contributed by atoms with Crippen molar-refractivity contribution in [3.8, 4) is 11.5 Å². The molecule has 2 aromatic rings. The summed E-state index contributed by atoms with van der Waals surface area (Å²) in [5.41, 5.74) is 0.164. The van der Waals surface area contributed by atoms with Crippen LogP contribution in [-0.2, 0) is 9.53 Å². The molecule has 0 radical (unpaired) electrons.